The zero-order chi connectivity index (χ0) is 15.4. The summed E-state index contributed by atoms with van der Waals surface area (Å²) in [5, 5.41) is 3.19. The highest BCUT2D eigenvalue weighted by Crippen LogP contribution is 2.21. The van der Waals surface area contributed by atoms with Crippen LogP contribution in [0, 0.1) is 13.8 Å². The molecule has 0 unspecified atom stereocenters. The molecule has 0 spiro atoms. The molecule has 110 valence electrons. The standard InChI is InChI=1S/C17H21N3O/c1-5-18-14-8-9-19-15(11-14)17(21)20(4)16-7-6-12(2)10-13(16)3/h6-11H,5H2,1-4H3,(H,18,19). The van der Waals surface area contributed by atoms with Gasteiger partial charge in [0.25, 0.3) is 5.91 Å². The van der Waals surface area contributed by atoms with Crippen molar-refractivity contribution in [2.75, 3.05) is 23.8 Å². The first-order chi connectivity index (χ1) is 10.0. The number of carbonyl (C=O) groups excluding carboxylic acids is 1. The minimum absolute atomic E-state index is 0.110. The van der Waals surface area contributed by atoms with Crippen LogP contribution in [0.4, 0.5) is 11.4 Å². The van der Waals surface area contributed by atoms with Crippen molar-refractivity contribution in [1.82, 2.24) is 4.98 Å². The van der Waals surface area contributed by atoms with Gasteiger partial charge in [-0.25, -0.2) is 0 Å². The monoisotopic (exact) mass is 283 g/mol. The Labute approximate surface area is 125 Å². The first-order valence-electron chi connectivity index (χ1n) is 7.08. The SMILES string of the molecule is CCNc1ccnc(C(=O)N(C)c2ccc(C)cc2C)c1. The second-order valence-electron chi connectivity index (χ2n) is 5.11. The lowest BCUT2D eigenvalue weighted by atomic mass is 10.1. The van der Waals surface area contributed by atoms with E-state index in [9.17, 15) is 4.79 Å². The van der Waals surface area contributed by atoms with E-state index >= 15 is 0 Å². The molecule has 1 aromatic carbocycles. The van der Waals surface area contributed by atoms with Gasteiger partial charge in [0.1, 0.15) is 5.69 Å². The zero-order valence-electron chi connectivity index (χ0n) is 13.0. The molecule has 0 aliphatic heterocycles. The molecule has 21 heavy (non-hydrogen) atoms. The van der Waals surface area contributed by atoms with E-state index in [0.717, 1.165) is 23.5 Å². The number of nitrogens with one attached hydrogen (secondary N) is 1. The Bertz CT molecular complexity index is 652. The highest BCUT2D eigenvalue weighted by molar-refractivity contribution is 6.05. The summed E-state index contributed by atoms with van der Waals surface area (Å²) in [6.45, 7) is 6.88. The van der Waals surface area contributed by atoms with E-state index in [4.69, 9.17) is 0 Å². The van der Waals surface area contributed by atoms with Gasteiger partial charge in [-0.2, -0.15) is 0 Å². The number of hydrogen-bond acceptors (Lipinski definition) is 3. The quantitative estimate of drug-likeness (QED) is 0.935. The van der Waals surface area contributed by atoms with Gasteiger partial charge < -0.3 is 10.2 Å². The van der Waals surface area contributed by atoms with Crippen LogP contribution in [0.15, 0.2) is 36.5 Å². The van der Waals surface area contributed by atoms with Crippen LogP contribution in [0.25, 0.3) is 0 Å². The third-order valence-corrected chi connectivity index (χ3v) is 3.38. The number of aromatic nitrogens is 1. The molecule has 0 saturated carbocycles. The minimum atomic E-state index is -0.110. The Morgan fingerprint density at radius 1 is 1.24 bits per heavy atom. The number of rotatable bonds is 4. The van der Waals surface area contributed by atoms with Crippen molar-refractivity contribution in [2.24, 2.45) is 0 Å². The largest absolute Gasteiger partial charge is 0.385 e. The van der Waals surface area contributed by atoms with E-state index in [-0.39, 0.29) is 5.91 Å². The van der Waals surface area contributed by atoms with Crippen LogP contribution in [-0.4, -0.2) is 24.5 Å². The minimum Gasteiger partial charge on any atom is -0.385 e. The predicted molar refractivity (Wildman–Crippen MR) is 87.1 cm³/mol. The molecule has 1 amide bonds. The maximum absolute atomic E-state index is 12.6. The molecular weight excluding hydrogens is 262 g/mol. The van der Waals surface area contributed by atoms with E-state index in [1.165, 1.54) is 5.56 Å². The number of hydrogen-bond donors (Lipinski definition) is 1. The molecule has 2 aromatic rings. The van der Waals surface area contributed by atoms with Crippen LogP contribution < -0.4 is 10.2 Å². The molecular formula is C17H21N3O. The number of aryl methyl sites for hydroxylation is 2. The van der Waals surface area contributed by atoms with Crippen molar-refractivity contribution >= 4 is 17.3 Å². The molecule has 4 nitrogen and oxygen atoms in total. The topological polar surface area (TPSA) is 45.2 Å². The average Bonchev–Trinajstić information content (AvgIpc) is 2.46. The summed E-state index contributed by atoms with van der Waals surface area (Å²) in [6, 6.07) is 9.69. The van der Waals surface area contributed by atoms with Crippen molar-refractivity contribution in [3.63, 3.8) is 0 Å². The van der Waals surface area contributed by atoms with Gasteiger partial charge in [0.2, 0.25) is 0 Å². The first-order valence-corrected chi connectivity index (χ1v) is 7.08. The van der Waals surface area contributed by atoms with Crippen molar-refractivity contribution in [1.29, 1.82) is 0 Å². The molecule has 0 atom stereocenters. The van der Waals surface area contributed by atoms with Gasteiger partial charge in [-0.1, -0.05) is 17.7 Å². The third-order valence-electron chi connectivity index (χ3n) is 3.38. The zero-order valence-corrected chi connectivity index (χ0v) is 13.0. The number of amides is 1. The second kappa shape index (κ2) is 6.39. The van der Waals surface area contributed by atoms with Gasteiger partial charge in [-0.05, 0) is 44.5 Å². The maximum Gasteiger partial charge on any atom is 0.276 e. The molecule has 1 aromatic heterocycles. The summed E-state index contributed by atoms with van der Waals surface area (Å²) >= 11 is 0. The van der Waals surface area contributed by atoms with Crippen LogP contribution in [-0.2, 0) is 0 Å². The van der Waals surface area contributed by atoms with Gasteiger partial charge >= 0.3 is 0 Å². The number of pyridine rings is 1. The number of benzene rings is 1. The van der Waals surface area contributed by atoms with Crippen LogP contribution in [0.3, 0.4) is 0 Å². The molecule has 0 fully saturated rings. The van der Waals surface area contributed by atoms with Gasteiger partial charge in [0.15, 0.2) is 0 Å². The van der Waals surface area contributed by atoms with E-state index < -0.39 is 0 Å². The molecule has 0 saturated heterocycles. The Morgan fingerprint density at radius 3 is 2.67 bits per heavy atom. The van der Waals surface area contributed by atoms with Crippen LogP contribution in [0.2, 0.25) is 0 Å². The summed E-state index contributed by atoms with van der Waals surface area (Å²) in [4.78, 5) is 18.4. The Hall–Kier alpha value is -2.36. The fraction of sp³-hybridized carbons (Fsp3) is 0.294. The van der Waals surface area contributed by atoms with Gasteiger partial charge in [-0.3, -0.25) is 9.78 Å². The summed E-state index contributed by atoms with van der Waals surface area (Å²) in [7, 11) is 1.78. The lowest BCUT2D eigenvalue weighted by molar-refractivity contribution is 0.0988. The van der Waals surface area contributed by atoms with E-state index in [0.29, 0.717) is 5.69 Å². The highest BCUT2D eigenvalue weighted by atomic mass is 16.2. The summed E-state index contributed by atoms with van der Waals surface area (Å²) < 4.78 is 0. The molecule has 0 radical (unpaired) electrons. The van der Waals surface area contributed by atoms with Crippen LogP contribution in [0.5, 0.6) is 0 Å². The molecule has 4 heteroatoms. The van der Waals surface area contributed by atoms with E-state index in [1.807, 2.05) is 39.0 Å². The van der Waals surface area contributed by atoms with Crippen molar-refractivity contribution in [2.45, 2.75) is 20.8 Å². The average molecular weight is 283 g/mol. The maximum atomic E-state index is 12.6. The summed E-state index contributed by atoms with van der Waals surface area (Å²) in [6.07, 6.45) is 1.65. The number of anilines is 2. The summed E-state index contributed by atoms with van der Waals surface area (Å²) in [5.41, 5.74) is 4.51. The summed E-state index contributed by atoms with van der Waals surface area (Å²) in [5.74, 6) is -0.110. The lowest BCUT2D eigenvalue weighted by Gasteiger charge is -2.20. The van der Waals surface area contributed by atoms with Crippen LogP contribution >= 0.6 is 0 Å². The van der Waals surface area contributed by atoms with Crippen molar-refractivity contribution in [3.05, 3.63) is 53.3 Å². The Balaban J connectivity index is 2.28. The van der Waals surface area contributed by atoms with E-state index in [2.05, 4.69) is 16.4 Å². The second-order valence-corrected chi connectivity index (χ2v) is 5.11. The fourth-order valence-corrected chi connectivity index (χ4v) is 2.32. The number of carbonyl (C=O) groups is 1. The first kappa shape index (κ1) is 15.0. The number of nitrogens with zero attached hydrogens (tertiary/aromatic N) is 2. The fourth-order valence-electron chi connectivity index (χ4n) is 2.32. The normalized spacial score (nSPS) is 10.3. The smallest absolute Gasteiger partial charge is 0.276 e. The Morgan fingerprint density at radius 2 is 2.00 bits per heavy atom. The molecule has 1 N–H and O–H groups in total. The van der Waals surface area contributed by atoms with Gasteiger partial charge in [0, 0.05) is 31.2 Å². The molecule has 0 aliphatic carbocycles. The lowest BCUT2D eigenvalue weighted by Crippen LogP contribution is -2.27. The molecule has 1 heterocycles. The predicted octanol–water partition coefficient (Wildman–Crippen LogP) is 3.41. The highest BCUT2D eigenvalue weighted by Gasteiger charge is 2.16. The van der Waals surface area contributed by atoms with E-state index in [1.54, 1.807) is 24.2 Å². The molecule has 2 rings (SSSR count). The van der Waals surface area contributed by atoms with Crippen molar-refractivity contribution < 1.29 is 4.79 Å². The Kier molecular flexibility index (Phi) is 4.58. The van der Waals surface area contributed by atoms with Crippen LogP contribution in [0.1, 0.15) is 28.5 Å². The molecule has 0 bridgehead atoms. The van der Waals surface area contributed by atoms with Gasteiger partial charge in [-0.15, -0.1) is 0 Å². The third kappa shape index (κ3) is 3.40. The molecule has 0 aliphatic rings. The van der Waals surface area contributed by atoms with Gasteiger partial charge in [0.05, 0.1) is 0 Å². The van der Waals surface area contributed by atoms with Crippen molar-refractivity contribution in [3.8, 4) is 0 Å².